The fourth-order valence-electron chi connectivity index (χ4n) is 2.65. The van der Waals surface area contributed by atoms with Crippen LogP contribution in [0.5, 0.6) is 0 Å². The number of unbranched alkanes of at least 4 members (excludes halogenated alkanes) is 10. The van der Waals surface area contributed by atoms with E-state index >= 15 is 0 Å². The van der Waals surface area contributed by atoms with Gasteiger partial charge in [0, 0.05) is 13.0 Å². The Morgan fingerprint density at radius 3 is 1.88 bits per heavy atom. The van der Waals surface area contributed by atoms with E-state index < -0.39 is 19.0 Å². The van der Waals surface area contributed by atoms with Crippen LogP contribution in [0.15, 0.2) is 0 Å². The molecule has 0 aliphatic carbocycles. The Kier molecular flexibility index (Phi) is 15.4. The van der Waals surface area contributed by atoms with Gasteiger partial charge in [-0.05, 0) is 13.3 Å². The molecule has 0 rings (SSSR count). The highest BCUT2D eigenvalue weighted by Gasteiger charge is 2.10. The highest BCUT2D eigenvalue weighted by atomic mass is 16.5. The van der Waals surface area contributed by atoms with Crippen LogP contribution in [0, 0.1) is 5.21 Å². The van der Waals surface area contributed by atoms with Gasteiger partial charge in [-0.1, -0.05) is 71.1 Å². The summed E-state index contributed by atoms with van der Waals surface area (Å²) in [5, 5.41) is 31.9. The first-order chi connectivity index (χ1) is 11.5. The summed E-state index contributed by atoms with van der Waals surface area (Å²) in [6.07, 6.45) is 11.5. The molecule has 6 heteroatoms. The molecule has 0 aliphatic rings. The van der Waals surface area contributed by atoms with Gasteiger partial charge in [0.25, 0.3) is 0 Å². The lowest BCUT2D eigenvalue weighted by Crippen LogP contribution is -2.45. The van der Waals surface area contributed by atoms with Crippen LogP contribution in [-0.2, 0) is 4.79 Å². The third-order valence-electron chi connectivity index (χ3n) is 4.15. The Morgan fingerprint density at radius 2 is 1.42 bits per heavy atom. The molecule has 0 aromatic heterocycles. The number of carbonyl (C=O) groups is 1. The van der Waals surface area contributed by atoms with Crippen LogP contribution < -0.4 is 5.32 Å². The van der Waals surface area contributed by atoms with Gasteiger partial charge in [-0.2, -0.15) is 0 Å². The van der Waals surface area contributed by atoms with Gasteiger partial charge in [0.05, 0.1) is 6.17 Å². The third kappa shape index (κ3) is 14.9. The van der Waals surface area contributed by atoms with Crippen molar-refractivity contribution in [2.24, 2.45) is 0 Å². The normalized spacial score (nSPS) is 12.8. The van der Waals surface area contributed by atoms with Gasteiger partial charge in [-0.15, -0.1) is 0 Å². The molecule has 0 radical (unpaired) electrons. The summed E-state index contributed by atoms with van der Waals surface area (Å²) in [5.74, 6) is -0.160. The standard InChI is InChI=1S/C18H37N2O4/c1-3-4-5-6-7-8-9-10-11-12-13-14-17(21)19-16(2)20(24)15-18(22)23/h16,18,22-23H,3-15H2,1-2H3,(H,19,21)/q-1. The Balaban J connectivity index is 3.43. The minimum absolute atomic E-state index is 0.160. The van der Waals surface area contributed by atoms with Crippen LogP contribution in [0.4, 0.5) is 0 Å². The topological polar surface area (TPSA) is 95.9 Å². The van der Waals surface area contributed by atoms with Crippen LogP contribution >= 0.6 is 0 Å². The molecule has 3 N–H and O–H groups in total. The molecule has 0 saturated heterocycles. The second kappa shape index (κ2) is 15.8. The third-order valence-corrected chi connectivity index (χ3v) is 4.15. The van der Waals surface area contributed by atoms with Gasteiger partial charge in [0.15, 0.2) is 6.29 Å². The molecule has 0 saturated carbocycles. The minimum Gasteiger partial charge on any atom is -0.784 e. The maximum Gasteiger partial charge on any atom is 0.221 e. The summed E-state index contributed by atoms with van der Waals surface area (Å²) in [4.78, 5) is 11.7. The number of carbonyl (C=O) groups excluding carboxylic acids is 1. The smallest absolute Gasteiger partial charge is 0.221 e. The highest BCUT2D eigenvalue weighted by molar-refractivity contribution is 5.76. The quantitative estimate of drug-likeness (QED) is 0.227. The van der Waals surface area contributed by atoms with Crippen molar-refractivity contribution in [1.82, 2.24) is 10.4 Å². The molecule has 24 heavy (non-hydrogen) atoms. The van der Waals surface area contributed by atoms with E-state index in [0.29, 0.717) is 11.5 Å². The zero-order chi connectivity index (χ0) is 18.2. The van der Waals surface area contributed by atoms with Crippen molar-refractivity contribution in [1.29, 1.82) is 0 Å². The first-order valence-electron chi connectivity index (χ1n) is 9.56. The van der Waals surface area contributed by atoms with E-state index in [4.69, 9.17) is 10.2 Å². The number of rotatable bonds is 16. The lowest BCUT2D eigenvalue weighted by molar-refractivity contribution is -0.123. The predicted molar refractivity (Wildman–Crippen MR) is 97.0 cm³/mol. The van der Waals surface area contributed by atoms with E-state index in [2.05, 4.69) is 12.2 Å². The Labute approximate surface area is 147 Å². The van der Waals surface area contributed by atoms with Crippen molar-refractivity contribution in [3.63, 3.8) is 0 Å². The van der Waals surface area contributed by atoms with E-state index in [9.17, 15) is 10.0 Å². The van der Waals surface area contributed by atoms with Crippen LogP contribution in [-0.4, -0.2) is 40.2 Å². The van der Waals surface area contributed by atoms with Crippen molar-refractivity contribution in [2.75, 3.05) is 6.54 Å². The van der Waals surface area contributed by atoms with Crippen LogP contribution in [0.2, 0.25) is 0 Å². The van der Waals surface area contributed by atoms with Crippen LogP contribution in [0.1, 0.15) is 90.9 Å². The van der Waals surface area contributed by atoms with Crippen molar-refractivity contribution in [2.45, 2.75) is 103 Å². The van der Waals surface area contributed by atoms with Gasteiger partial charge in [0.2, 0.25) is 5.91 Å². The maximum absolute atomic E-state index is 11.7. The summed E-state index contributed by atoms with van der Waals surface area (Å²) in [7, 11) is 0. The predicted octanol–water partition coefficient (Wildman–Crippen LogP) is 3.26. The van der Waals surface area contributed by atoms with Gasteiger partial charge in [-0.3, -0.25) is 4.79 Å². The SMILES string of the molecule is CCCCCCCCCCCCCC(=O)NC(C)N([O-])CC(O)O. The van der Waals surface area contributed by atoms with E-state index in [1.165, 1.54) is 58.3 Å². The van der Waals surface area contributed by atoms with Gasteiger partial charge >= 0.3 is 0 Å². The van der Waals surface area contributed by atoms with Gasteiger partial charge < -0.3 is 25.8 Å². The lowest BCUT2D eigenvalue weighted by atomic mass is 10.1. The van der Waals surface area contributed by atoms with E-state index in [1.807, 2.05) is 0 Å². The first-order valence-corrected chi connectivity index (χ1v) is 9.56. The van der Waals surface area contributed by atoms with Crippen molar-refractivity contribution in [3.05, 3.63) is 5.21 Å². The number of nitrogens with zero attached hydrogens (tertiary/aromatic N) is 1. The summed E-state index contributed by atoms with van der Waals surface area (Å²) < 4.78 is 0. The molecule has 0 heterocycles. The fraction of sp³-hybridized carbons (Fsp3) is 0.944. The molecule has 0 aliphatic heterocycles. The van der Waals surface area contributed by atoms with E-state index in [1.54, 1.807) is 0 Å². The molecule has 1 amide bonds. The van der Waals surface area contributed by atoms with Crippen molar-refractivity contribution < 1.29 is 15.0 Å². The van der Waals surface area contributed by atoms with E-state index in [-0.39, 0.29) is 5.91 Å². The second-order valence-corrected chi connectivity index (χ2v) is 6.61. The Bertz CT molecular complexity index is 301. The lowest BCUT2D eigenvalue weighted by Gasteiger charge is -2.35. The number of amides is 1. The molecule has 0 spiro atoms. The zero-order valence-corrected chi connectivity index (χ0v) is 15.5. The summed E-state index contributed by atoms with van der Waals surface area (Å²) in [6, 6.07) is 0. The average molecular weight is 346 g/mol. The average Bonchev–Trinajstić information content (AvgIpc) is 2.51. The second-order valence-electron chi connectivity index (χ2n) is 6.61. The van der Waals surface area contributed by atoms with Crippen LogP contribution in [0.25, 0.3) is 0 Å². The number of hydroxylamine groups is 2. The highest BCUT2D eigenvalue weighted by Crippen LogP contribution is 2.12. The molecular formula is C18H37N2O4-. The van der Waals surface area contributed by atoms with Crippen molar-refractivity contribution >= 4 is 5.91 Å². The summed E-state index contributed by atoms with van der Waals surface area (Å²) in [6.45, 7) is 3.34. The zero-order valence-electron chi connectivity index (χ0n) is 15.5. The summed E-state index contributed by atoms with van der Waals surface area (Å²) >= 11 is 0. The molecule has 144 valence electrons. The molecule has 1 atom stereocenters. The molecular weight excluding hydrogens is 308 g/mol. The number of aliphatic hydroxyl groups is 2. The van der Waals surface area contributed by atoms with Gasteiger partial charge in [0.1, 0.15) is 0 Å². The van der Waals surface area contributed by atoms with Crippen LogP contribution in [0.3, 0.4) is 0 Å². The molecule has 0 bridgehead atoms. The minimum atomic E-state index is -1.69. The molecule has 6 nitrogen and oxygen atoms in total. The number of hydrogen-bond acceptors (Lipinski definition) is 5. The first kappa shape index (κ1) is 23.3. The molecule has 0 fully saturated rings. The van der Waals surface area contributed by atoms with Gasteiger partial charge in [-0.25, -0.2) is 0 Å². The number of hydrogen-bond donors (Lipinski definition) is 3. The molecule has 1 unspecified atom stereocenters. The fourth-order valence-corrected chi connectivity index (χ4v) is 2.65. The largest absolute Gasteiger partial charge is 0.784 e. The Morgan fingerprint density at radius 1 is 0.958 bits per heavy atom. The number of nitrogens with one attached hydrogen (secondary N) is 1. The Hall–Kier alpha value is -0.690. The summed E-state index contributed by atoms with van der Waals surface area (Å²) in [5.41, 5.74) is 0. The van der Waals surface area contributed by atoms with Crippen molar-refractivity contribution in [3.8, 4) is 0 Å². The van der Waals surface area contributed by atoms with E-state index in [0.717, 1.165) is 19.3 Å². The maximum atomic E-state index is 11.7. The molecule has 0 aromatic rings. The monoisotopic (exact) mass is 345 g/mol. The molecule has 0 aromatic carbocycles. The number of aliphatic hydroxyl groups excluding tert-OH is 1.